The lowest BCUT2D eigenvalue weighted by molar-refractivity contribution is -0.212. The quantitative estimate of drug-likeness (QED) is 0.687. The fourth-order valence-electron chi connectivity index (χ4n) is 3.70. The number of methoxy groups -OCH3 is 1. The molecule has 0 saturated carbocycles. The van der Waals surface area contributed by atoms with Gasteiger partial charge in [-0.3, -0.25) is 0 Å². The molecule has 1 aromatic heterocycles. The van der Waals surface area contributed by atoms with Crippen molar-refractivity contribution in [3.8, 4) is 5.75 Å². The Hall–Kier alpha value is -2.85. The molecule has 0 bridgehead atoms. The molecular weight excluding hydrogens is 411 g/mol. The van der Waals surface area contributed by atoms with Crippen molar-refractivity contribution in [3.05, 3.63) is 42.0 Å². The standard InChI is InChI=1S/C19H21F5N4O2/c1-17(18(10-20)9-14(19(22,23)24)30-16(25)28-18)8-11(5-6-13(17)21)27-15-12(29-2)4-3-7-26-15/h3-7,14H,8-10H2,1-2H3,(H2,25,28)(H,26,27)/t14-,17?,18+/m0/s1. The van der Waals surface area contributed by atoms with E-state index in [1.165, 1.54) is 26.3 Å². The van der Waals surface area contributed by atoms with Crippen molar-refractivity contribution in [1.29, 1.82) is 0 Å². The number of aliphatic imine (C=N–C) groups is 1. The zero-order valence-corrected chi connectivity index (χ0v) is 16.3. The summed E-state index contributed by atoms with van der Waals surface area (Å²) in [6.07, 6.45) is -4.32. The second-order valence-corrected chi connectivity index (χ2v) is 7.36. The highest BCUT2D eigenvalue weighted by atomic mass is 19.4. The molecule has 1 aliphatic carbocycles. The first-order chi connectivity index (χ1) is 14.0. The van der Waals surface area contributed by atoms with Crippen molar-refractivity contribution in [2.45, 2.75) is 37.6 Å². The van der Waals surface area contributed by atoms with Gasteiger partial charge in [0.15, 0.2) is 17.7 Å². The van der Waals surface area contributed by atoms with Crippen LogP contribution in [0, 0.1) is 5.41 Å². The van der Waals surface area contributed by atoms with Crippen molar-refractivity contribution in [2.24, 2.45) is 16.1 Å². The lowest BCUT2D eigenvalue weighted by Gasteiger charge is -2.48. The summed E-state index contributed by atoms with van der Waals surface area (Å²) in [6, 6.07) is 2.47. The number of allylic oxidation sites excluding steroid dienone is 3. The second-order valence-electron chi connectivity index (χ2n) is 7.36. The van der Waals surface area contributed by atoms with E-state index in [9.17, 15) is 17.6 Å². The van der Waals surface area contributed by atoms with Gasteiger partial charge in [-0.25, -0.2) is 18.8 Å². The smallest absolute Gasteiger partial charge is 0.425 e. The highest BCUT2D eigenvalue weighted by molar-refractivity contribution is 5.73. The summed E-state index contributed by atoms with van der Waals surface area (Å²) < 4.78 is 79.0. The van der Waals surface area contributed by atoms with Gasteiger partial charge in [0.1, 0.15) is 18.0 Å². The van der Waals surface area contributed by atoms with Gasteiger partial charge in [-0.1, -0.05) is 6.92 Å². The molecule has 3 rings (SSSR count). The summed E-state index contributed by atoms with van der Waals surface area (Å²) in [5.74, 6) is -0.0828. The molecule has 30 heavy (non-hydrogen) atoms. The number of pyridine rings is 1. The number of aromatic nitrogens is 1. The molecule has 0 radical (unpaired) electrons. The summed E-state index contributed by atoms with van der Waals surface area (Å²) >= 11 is 0. The highest BCUT2D eigenvalue weighted by Gasteiger charge is 2.60. The van der Waals surface area contributed by atoms with Gasteiger partial charge in [0.05, 0.1) is 12.5 Å². The molecule has 1 aromatic rings. The Kier molecular flexibility index (Phi) is 5.66. The predicted molar refractivity (Wildman–Crippen MR) is 100 cm³/mol. The molecule has 0 fully saturated rings. The zero-order chi connectivity index (χ0) is 22.2. The van der Waals surface area contributed by atoms with Crippen LogP contribution in [0.3, 0.4) is 0 Å². The third-order valence-electron chi connectivity index (χ3n) is 5.50. The molecule has 0 amide bonds. The fourth-order valence-corrected chi connectivity index (χ4v) is 3.70. The van der Waals surface area contributed by atoms with E-state index >= 15 is 4.39 Å². The molecule has 3 atom stereocenters. The molecule has 2 heterocycles. The lowest BCUT2D eigenvalue weighted by Crippen LogP contribution is -2.57. The summed E-state index contributed by atoms with van der Waals surface area (Å²) in [5, 5.41) is 2.97. The van der Waals surface area contributed by atoms with Gasteiger partial charge in [-0.15, -0.1) is 0 Å². The van der Waals surface area contributed by atoms with Crippen LogP contribution in [-0.4, -0.2) is 42.6 Å². The predicted octanol–water partition coefficient (Wildman–Crippen LogP) is 4.02. The SMILES string of the molecule is COc1cccnc1NC1=CC=C(F)C(C)([C@]2(CF)C[C@@H](C(F)(F)F)OC(N)=N2)C1. The minimum absolute atomic E-state index is 0.180. The Morgan fingerprint density at radius 1 is 1.37 bits per heavy atom. The summed E-state index contributed by atoms with van der Waals surface area (Å²) in [6.45, 7) is -0.0418. The monoisotopic (exact) mass is 432 g/mol. The minimum atomic E-state index is -4.82. The number of hydrogen-bond acceptors (Lipinski definition) is 6. The van der Waals surface area contributed by atoms with Gasteiger partial charge in [0.2, 0.25) is 0 Å². The highest BCUT2D eigenvalue weighted by Crippen LogP contribution is 2.53. The van der Waals surface area contributed by atoms with E-state index in [2.05, 4.69) is 20.0 Å². The number of anilines is 1. The molecule has 0 aromatic carbocycles. The summed E-state index contributed by atoms with van der Waals surface area (Å²) in [4.78, 5) is 7.97. The maximum Gasteiger partial charge on any atom is 0.425 e. The molecule has 0 spiro atoms. The number of ether oxygens (including phenoxy) is 2. The van der Waals surface area contributed by atoms with Crippen molar-refractivity contribution in [2.75, 3.05) is 19.1 Å². The van der Waals surface area contributed by atoms with Crippen LogP contribution in [0.15, 0.2) is 47.0 Å². The number of nitrogens with zero attached hydrogens (tertiary/aromatic N) is 2. The van der Waals surface area contributed by atoms with E-state index in [0.29, 0.717) is 17.3 Å². The Morgan fingerprint density at radius 3 is 2.73 bits per heavy atom. The van der Waals surface area contributed by atoms with Crippen molar-refractivity contribution >= 4 is 11.8 Å². The molecule has 11 heteroatoms. The molecule has 164 valence electrons. The van der Waals surface area contributed by atoms with Crippen molar-refractivity contribution in [3.63, 3.8) is 0 Å². The number of nitrogens with one attached hydrogen (secondary N) is 1. The van der Waals surface area contributed by atoms with Gasteiger partial charge in [-0.05, 0) is 24.3 Å². The Morgan fingerprint density at radius 2 is 2.10 bits per heavy atom. The maximum atomic E-state index is 15.0. The van der Waals surface area contributed by atoms with E-state index < -0.39 is 48.2 Å². The number of rotatable bonds is 5. The van der Waals surface area contributed by atoms with Crippen LogP contribution in [0.25, 0.3) is 0 Å². The first-order valence-corrected chi connectivity index (χ1v) is 9.02. The number of hydrogen-bond donors (Lipinski definition) is 2. The molecule has 2 aliphatic rings. The molecule has 6 nitrogen and oxygen atoms in total. The van der Waals surface area contributed by atoms with Gasteiger partial charge in [0, 0.05) is 24.7 Å². The molecule has 1 unspecified atom stereocenters. The lowest BCUT2D eigenvalue weighted by atomic mass is 9.63. The van der Waals surface area contributed by atoms with Crippen LogP contribution < -0.4 is 15.8 Å². The Balaban J connectivity index is 1.97. The first kappa shape index (κ1) is 21.8. The molecule has 1 aliphatic heterocycles. The Labute approximate surface area is 169 Å². The van der Waals surface area contributed by atoms with Gasteiger partial charge < -0.3 is 20.5 Å². The average Bonchev–Trinajstić information content (AvgIpc) is 2.70. The zero-order valence-electron chi connectivity index (χ0n) is 16.3. The third kappa shape index (κ3) is 3.80. The topological polar surface area (TPSA) is 81.8 Å². The first-order valence-electron chi connectivity index (χ1n) is 9.02. The van der Waals surface area contributed by atoms with Gasteiger partial charge in [-0.2, -0.15) is 13.2 Å². The average molecular weight is 432 g/mol. The largest absolute Gasteiger partial charge is 0.493 e. The third-order valence-corrected chi connectivity index (χ3v) is 5.50. The van der Waals surface area contributed by atoms with Crippen LogP contribution in [0.5, 0.6) is 5.75 Å². The van der Waals surface area contributed by atoms with E-state index in [4.69, 9.17) is 10.5 Å². The van der Waals surface area contributed by atoms with Crippen LogP contribution in [-0.2, 0) is 4.74 Å². The molecular formula is C19H21F5N4O2. The van der Waals surface area contributed by atoms with E-state index in [-0.39, 0.29) is 6.42 Å². The van der Waals surface area contributed by atoms with Crippen LogP contribution in [0.2, 0.25) is 0 Å². The van der Waals surface area contributed by atoms with E-state index in [1.807, 2.05) is 0 Å². The second kappa shape index (κ2) is 7.77. The molecule has 0 saturated heterocycles. The van der Waals surface area contributed by atoms with Crippen LogP contribution in [0.1, 0.15) is 19.8 Å². The fraction of sp³-hybridized carbons (Fsp3) is 0.474. The van der Waals surface area contributed by atoms with Crippen molar-refractivity contribution in [1.82, 2.24) is 4.98 Å². The number of halogens is 5. The minimum Gasteiger partial charge on any atom is -0.493 e. The number of alkyl halides is 4. The van der Waals surface area contributed by atoms with Gasteiger partial charge in [0.25, 0.3) is 6.02 Å². The number of amidine groups is 1. The van der Waals surface area contributed by atoms with Crippen molar-refractivity contribution < 1.29 is 31.4 Å². The van der Waals surface area contributed by atoms with Gasteiger partial charge >= 0.3 is 6.18 Å². The molecule has 3 N–H and O–H groups in total. The summed E-state index contributed by atoms with van der Waals surface area (Å²) in [7, 11) is 1.44. The van der Waals surface area contributed by atoms with E-state index in [0.717, 1.165) is 6.08 Å². The maximum absolute atomic E-state index is 15.0. The summed E-state index contributed by atoms with van der Waals surface area (Å²) in [5.41, 5.74) is 1.98. The number of nitrogens with two attached hydrogens (primary N) is 1. The Bertz CT molecular complexity index is 901. The van der Waals surface area contributed by atoms with Crippen LogP contribution in [0.4, 0.5) is 27.8 Å². The van der Waals surface area contributed by atoms with Crippen LogP contribution >= 0.6 is 0 Å². The van der Waals surface area contributed by atoms with E-state index in [1.54, 1.807) is 12.1 Å². The normalized spacial score (nSPS) is 29.3.